The summed E-state index contributed by atoms with van der Waals surface area (Å²) >= 11 is 0. The first-order valence-electron chi connectivity index (χ1n) is 9.28. The van der Waals surface area contributed by atoms with E-state index in [-0.39, 0.29) is 17.6 Å². The number of ether oxygens (including phenoxy) is 1. The van der Waals surface area contributed by atoms with Gasteiger partial charge in [-0.2, -0.15) is 5.26 Å². The number of fused-ring (bicyclic) bond motifs is 1. The molecule has 0 bridgehead atoms. The molecule has 5 heteroatoms. The normalized spacial score (nSPS) is 11.4. The molecule has 5 nitrogen and oxygen atoms in total. The Bertz CT molecular complexity index is 1020. The Morgan fingerprint density at radius 3 is 2.68 bits per heavy atom. The van der Waals surface area contributed by atoms with Gasteiger partial charge in [-0.25, -0.2) is 0 Å². The molecule has 0 atom stereocenters. The zero-order chi connectivity index (χ0) is 19.9. The Morgan fingerprint density at radius 2 is 1.96 bits per heavy atom. The number of carbonyl (C=O) groups excluding carboxylic acids is 1. The molecule has 0 fully saturated rings. The van der Waals surface area contributed by atoms with Crippen LogP contribution in [0.5, 0.6) is 5.75 Å². The molecule has 0 aliphatic carbocycles. The van der Waals surface area contributed by atoms with E-state index in [1.54, 1.807) is 6.08 Å². The maximum atomic E-state index is 12.3. The van der Waals surface area contributed by atoms with Gasteiger partial charge in [0.1, 0.15) is 17.4 Å². The van der Waals surface area contributed by atoms with Crippen molar-refractivity contribution in [3.05, 3.63) is 71.4 Å². The van der Waals surface area contributed by atoms with Gasteiger partial charge in [0, 0.05) is 23.6 Å². The molecule has 0 unspecified atom stereocenters. The molecule has 0 spiro atoms. The molecule has 1 aromatic heterocycles. The van der Waals surface area contributed by atoms with E-state index < -0.39 is 0 Å². The largest absolute Gasteiger partial charge is 0.491 e. The molecule has 1 amide bonds. The predicted molar refractivity (Wildman–Crippen MR) is 111 cm³/mol. The van der Waals surface area contributed by atoms with Gasteiger partial charge in [-0.15, -0.1) is 0 Å². The number of H-pyrrole nitrogens is 1. The van der Waals surface area contributed by atoms with E-state index in [0.29, 0.717) is 13.0 Å². The minimum Gasteiger partial charge on any atom is -0.491 e. The number of carbonyl (C=O) groups is 1. The number of para-hydroxylation sites is 1. The second-order valence-corrected chi connectivity index (χ2v) is 6.77. The van der Waals surface area contributed by atoms with Crippen molar-refractivity contribution in [3.63, 3.8) is 0 Å². The van der Waals surface area contributed by atoms with Crippen molar-refractivity contribution in [1.82, 2.24) is 10.3 Å². The molecule has 28 heavy (non-hydrogen) atoms. The number of aromatic nitrogens is 1. The minimum absolute atomic E-state index is 0.0801. The Balaban J connectivity index is 1.60. The molecule has 3 aromatic rings. The number of benzene rings is 2. The van der Waals surface area contributed by atoms with Crippen LogP contribution in [0, 0.1) is 11.3 Å². The molecular weight excluding hydrogens is 350 g/mol. The van der Waals surface area contributed by atoms with Gasteiger partial charge in [-0.3, -0.25) is 4.79 Å². The van der Waals surface area contributed by atoms with Crippen LogP contribution in [0.3, 0.4) is 0 Å². The number of hydrogen-bond donors (Lipinski definition) is 2. The minimum atomic E-state index is -0.371. The van der Waals surface area contributed by atoms with E-state index >= 15 is 0 Å². The Labute approximate surface area is 164 Å². The lowest BCUT2D eigenvalue weighted by atomic mass is 10.1. The molecule has 0 aliphatic heterocycles. The summed E-state index contributed by atoms with van der Waals surface area (Å²) in [6, 6.07) is 17.3. The zero-order valence-electron chi connectivity index (χ0n) is 16.0. The van der Waals surface area contributed by atoms with Crippen LogP contribution < -0.4 is 10.1 Å². The molecule has 0 saturated carbocycles. The van der Waals surface area contributed by atoms with E-state index in [1.807, 2.05) is 68.6 Å². The maximum Gasteiger partial charge on any atom is 0.261 e. The molecule has 0 aliphatic rings. The van der Waals surface area contributed by atoms with Gasteiger partial charge in [0.25, 0.3) is 5.91 Å². The number of nitriles is 1. The third kappa shape index (κ3) is 4.80. The number of nitrogens with one attached hydrogen (secondary N) is 2. The number of nitrogens with zero attached hydrogens (tertiary/aromatic N) is 1. The van der Waals surface area contributed by atoms with Gasteiger partial charge in [-0.1, -0.05) is 30.3 Å². The van der Waals surface area contributed by atoms with Gasteiger partial charge in [0.15, 0.2) is 0 Å². The van der Waals surface area contributed by atoms with Crippen molar-refractivity contribution in [1.29, 1.82) is 5.26 Å². The summed E-state index contributed by atoms with van der Waals surface area (Å²) in [5.74, 6) is 0.388. The summed E-state index contributed by atoms with van der Waals surface area (Å²) in [4.78, 5) is 15.6. The summed E-state index contributed by atoms with van der Waals surface area (Å²) in [6.07, 6.45) is 4.33. The maximum absolute atomic E-state index is 12.3. The van der Waals surface area contributed by atoms with E-state index in [2.05, 4.69) is 16.4 Å². The van der Waals surface area contributed by atoms with E-state index in [1.165, 1.54) is 0 Å². The topological polar surface area (TPSA) is 77.9 Å². The van der Waals surface area contributed by atoms with Crippen molar-refractivity contribution in [2.24, 2.45) is 0 Å². The van der Waals surface area contributed by atoms with Crippen LogP contribution in [0.4, 0.5) is 0 Å². The number of rotatable bonds is 7. The SMILES string of the molecule is CC(C)Oc1ccc(/C=C(/C#N)C(=O)NCCc2c[nH]c3ccccc23)cc1. The molecule has 2 aromatic carbocycles. The lowest BCUT2D eigenvalue weighted by Gasteiger charge is -2.09. The Kier molecular flexibility index (Phi) is 6.13. The van der Waals surface area contributed by atoms with Crippen LogP contribution in [-0.4, -0.2) is 23.5 Å². The summed E-state index contributed by atoms with van der Waals surface area (Å²) < 4.78 is 5.60. The first-order valence-corrected chi connectivity index (χ1v) is 9.28. The first-order chi connectivity index (χ1) is 13.6. The molecule has 3 rings (SSSR count). The first kappa shape index (κ1) is 19.2. The van der Waals surface area contributed by atoms with E-state index in [4.69, 9.17) is 4.74 Å². The van der Waals surface area contributed by atoms with Gasteiger partial charge < -0.3 is 15.0 Å². The van der Waals surface area contributed by atoms with Crippen molar-refractivity contribution in [2.75, 3.05) is 6.54 Å². The highest BCUT2D eigenvalue weighted by Crippen LogP contribution is 2.18. The van der Waals surface area contributed by atoms with E-state index in [0.717, 1.165) is 27.8 Å². The quantitative estimate of drug-likeness (QED) is 0.481. The summed E-state index contributed by atoms with van der Waals surface area (Å²) in [7, 11) is 0. The molecule has 1 heterocycles. The molecule has 0 radical (unpaired) electrons. The van der Waals surface area contributed by atoms with Crippen LogP contribution in [-0.2, 0) is 11.2 Å². The standard InChI is InChI=1S/C23H23N3O2/c1-16(2)28-20-9-7-17(8-10-20)13-19(14-24)23(27)25-12-11-18-15-26-22-6-4-3-5-21(18)22/h3-10,13,15-16,26H,11-12H2,1-2H3,(H,25,27)/b19-13-. The van der Waals surface area contributed by atoms with Crippen LogP contribution in [0.1, 0.15) is 25.0 Å². The molecule has 142 valence electrons. The fourth-order valence-electron chi connectivity index (χ4n) is 2.97. The van der Waals surface area contributed by atoms with Crippen LogP contribution in [0.25, 0.3) is 17.0 Å². The molecule has 2 N–H and O–H groups in total. The van der Waals surface area contributed by atoms with Gasteiger partial charge in [-0.05, 0) is 55.7 Å². The number of hydrogen-bond acceptors (Lipinski definition) is 3. The van der Waals surface area contributed by atoms with Crippen LogP contribution in [0.15, 0.2) is 60.3 Å². The summed E-state index contributed by atoms with van der Waals surface area (Å²) in [5, 5.41) is 13.3. The second-order valence-electron chi connectivity index (χ2n) is 6.77. The number of aromatic amines is 1. The third-order valence-corrected chi connectivity index (χ3v) is 4.28. The monoisotopic (exact) mass is 373 g/mol. The lowest BCUT2D eigenvalue weighted by Crippen LogP contribution is -2.26. The average molecular weight is 373 g/mol. The third-order valence-electron chi connectivity index (χ3n) is 4.28. The molecule has 0 saturated heterocycles. The van der Waals surface area contributed by atoms with Crippen LogP contribution in [0.2, 0.25) is 0 Å². The highest BCUT2D eigenvalue weighted by molar-refractivity contribution is 6.01. The van der Waals surface area contributed by atoms with E-state index in [9.17, 15) is 10.1 Å². The highest BCUT2D eigenvalue weighted by atomic mass is 16.5. The zero-order valence-corrected chi connectivity index (χ0v) is 16.0. The van der Waals surface area contributed by atoms with Crippen molar-refractivity contribution < 1.29 is 9.53 Å². The predicted octanol–water partition coefficient (Wildman–Crippen LogP) is 4.22. The fraction of sp³-hybridized carbons (Fsp3) is 0.217. The van der Waals surface area contributed by atoms with Crippen molar-refractivity contribution in [3.8, 4) is 11.8 Å². The fourth-order valence-corrected chi connectivity index (χ4v) is 2.97. The van der Waals surface area contributed by atoms with Crippen molar-refractivity contribution in [2.45, 2.75) is 26.4 Å². The van der Waals surface area contributed by atoms with Crippen LogP contribution >= 0.6 is 0 Å². The Morgan fingerprint density at radius 1 is 1.21 bits per heavy atom. The van der Waals surface area contributed by atoms with Crippen molar-refractivity contribution >= 4 is 22.9 Å². The Hall–Kier alpha value is -3.52. The number of amides is 1. The average Bonchev–Trinajstić information content (AvgIpc) is 3.10. The highest BCUT2D eigenvalue weighted by Gasteiger charge is 2.10. The lowest BCUT2D eigenvalue weighted by molar-refractivity contribution is -0.117. The summed E-state index contributed by atoms with van der Waals surface area (Å²) in [6.45, 7) is 4.38. The second kappa shape index (κ2) is 8.92. The summed E-state index contributed by atoms with van der Waals surface area (Å²) in [5.41, 5.74) is 3.07. The smallest absolute Gasteiger partial charge is 0.261 e. The molecular formula is C23H23N3O2. The van der Waals surface area contributed by atoms with Gasteiger partial charge in [0.05, 0.1) is 6.10 Å². The van der Waals surface area contributed by atoms with Gasteiger partial charge >= 0.3 is 0 Å². The van der Waals surface area contributed by atoms with Gasteiger partial charge in [0.2, 0.25) is 0 Å².